The van der Waals surface area contributed by atoms with Crippen molar-refractivity contribution in [3.8, 4) is 0 Å². The van der Waals surface area contributed by atoms with Gasteiger partial charge in [-0.1, -0.05) is 37.3 Å². The minimum atomic E-state index is -0.293. The Kier molecular flexibility index (Phi) is 11.3. The van der Waals surface area contributed by atoms with Crippen LogP contribution in [0.3, 0.4) is 0 Å². The van der Waals surface area contributed by atoms with Crippen molar-refractivity contribution < 1.29 is 29.3 Å². The van der Waals surface area contributed by atoms with Crippen LogP contribution < -0.4 is 5.11 Å². The standard InChI is InChI=1S/C10H12O2.C8H12N.Ru/c1-2-12-10(11)8-7-9-5-3-4-6-9;1-9(2)7-8-5-3-4-6-8;/h3-8,11H,2H2,1H3;3-6H,7H2,1-2H3;/q;-1;+2/p-1/b10-8+;;. The third kappa shape index (κ3) is 9.43. The molecule has 2 rings (SSSR count). The molecule has 0 atom stereocenters. The Morgan fingerprint density at radius 2 is 2.00 bits per heavy atom. The first-order valence-corrected chi connectivity index (χ1v) is 7.03. The predicted octanol–water partition coefficient (Wildman–Crippen LogP) is 2.74. The van der Waals surface area contributed by atoms with Crippen LogP contribution in [0.15, 0.2) is 72.2 Å². The van der Waals surface area contributed by atoms with Gasteiger partial charge in [-0.3, -0.25) is 0 Å². The molecule has 0 aromatic heterocycles. The molecule has 0 heterocycles. The quantitative estimate of drug-likeness (QED) is 0.444. The summed E-state index contributed by atoms with van der Waals surface area (Å²) in [5, 5.41) is 10.8. The van der Waals surface area contributed by atoms with Crippen molar-refractivity contribution in [1.82, 2.24) is 4.90 Å². The molecular weight excluding hydrogens is 363 g/mol. The van der Waals surface area contributed by atoms with Gasteiger partial charge in [0.05, 0.1) is 5.95 Å². The van der Waals surface area contributed by atoms with Gasteiger partial charge in [0.2, 0.25) is 0 Å². The first-order valence-electron chi connectivity index (χ1n) is 7.03. The molecule has 0 unspecified atom stereocenters. The molecule has 4 heteroatoms. The van der Waals surface area contributed by atoms with Gasteiger partial charge >= 0.3 is 19.5 Å². The van der Waals surface area contributed by atoms with Gasteiger partial charge in [0.15, 0.2) is 0 Å². The Hall–Kier alpha value is -1.51. The van der Waals surface area contributed by atoms with Gasteiger partial charge in [0.25, 0.3) is 0 Å². The Bertz CT molecular complexity index is 497. The van der Waals surface area contributed by atoms with E-state index in [0.717, 1.165) is 12.1 Å². The third-order valence-electron chi connectivity index (χ3n) is 2.62. The summed E-state index contributed by atoms with van der Waals surface area (Å²) < 4.78 is 4.71. The van der Waals surface area contributed by atoms with E-state index >= 15 is 0 Å². The molecular formula is C18H23NO2Ru. The van der Waals surface area contributed by atoms with Crippen molar-refractivity contribution in [2.45, 2.75) is 13.5 Å². The first-order chi connectivity index (χ1) is 10.1. The molecule has 1 aromatic carbocycles. The fraction of sp³-hybridized carbons (Fsp3) is 0.278. The van der Waals surface area contributed by atoms with Crippen LogP contribution in [-0.4, -0.2) is 25.6 Å². The van der Waals surface area contributed by atoms with Crippen LogP contribution in [0.4, 0.5) is 0 Å². The van der Waals surface area contributed by atoms with E-state index in [2.05, 4.69) is 43.3 Å². The van der Waals surface area contributed by atoms with E-state index in [-0.39, 0.29) is 25.4 Å². The van der Waals surface area contributed by atoms with Gasteiger partial charge in [-0.25, -0.2) is 6.07 Å². The van der Waals surface area contributed by atoms with E-state index in [4.69, 9.17) is 4.74 Å². The molecule has 1 aromatic rings. The number of hydrogen-bond acceptors (Lipinski definition) is 3. The Morgan fingerprint density at radius 1 is 1.32 bits per heavy atom. The summed E-state index contributed by atoms with van der Waals surface area (Å²) in [6.45, 7) is 3.26. The monoisotopic (exact) mass is 387 g/mol. The normalized spacial score (nSPS) is 12.7. The number of rotatable bonds is 5. The number of ether oxygens (including phenoxy) is 1. The summed E-state index contributed by atoms with van der Waals surface area (Å²) in [5.74, 6) is -0.293. The molecule has 0 aliphatic heterocycles. The van der Waals surface area contributed by atoms with Gasteiger partial charge < -0.3 is 14.7 Å². The van der Waals surface area contributed by atoms with E-state index in [1.54, 1.807) is 13.0 Å². The molecule has 22 heavy (non-hydrogen) atoms. The number of nitrogens with zero attached hydrogens (tertiary/aromatic N) is 1. The fourth-order valence-corrected chi connectivity index (χ4v) is 1.74. The summed E-state index contributed by atoms with van der Waals surface area (Å²) in [4.78, 5) is 2.16. The van der Waals surface area contributed by atoms with Crippen LogP contribution in [0.1, 0.15) is 12.5 Å². The molecule has 0 radical (unpaired) electrons. The van der Waals surface area contributed by atoms with Crippen LogP contribution >= 0.6 is 0 Å². The van der Waals surface area contributed by atoms with Gasteiger partial charge in [0.1, 0.15) is 0 Å². The zero-order chi connectivity index (χ0) is 15.5. The van der Waals surface area contributed by atoms with E-state index in [0.29, 0.717) is 6.61 Å². The molecule has 0 saturated carbocycles. The molecule has 0 amide bonds. The summed E-state index contributed by atoms with van der Waals surface area (Å²) in [7, 11) is 4.15. The topological polar surface area (TPSA) is 35.5 Å². The molecule has 1 aliphatic rings. The molecule has 3 nitrogen and oxygen atoms in total. The maximum absolute atomic E-state index is 10.8. The van der Waals surface area contributed by atoms with Crippen molar-refractivity contribution in [3.63, 3.8) is 0 Å². The molecule has 0 saturated heterocycles. The first kappa shape index (κ1) is 20.5. The van der Waals surface area contributed by atoms with Crippen molar-refractivity contribution in [2.24, 2.45) is 0 Å². The Labute approximate surface area is 146 Å². The summed E-state index contributed by atoms with van der Waals surface area (Å²) >= 11 is 0. The van der Waals surface area contributed by atoms with Gasteiger partial charge in [-0.15, -0.1) is 0 Å². The Balaban J connectivity index is 0.000000397. The van der Waals surface area contributed by atoms with Crippen molar-refractivity contribution >= 4 is 0 Å². The average Bonchev–Trinajstić information content (AvgIpc) is 3.09. The van der Waals surface area contributed by atoms with Crippen molar-refractivity contribution in [2.75, 3.05) is 20.7 Å². The van der Waals surface area contributed by atoms with Crippen molar-refractivity contribution in [1.29, 1.82) is 0 Å². The minimum absolute atomic E-state index is 0. The number of allylic oxidation sites excluding steroid dienone is 7. The fourth-order valence-electron chi connectivity index (χ4n) is 1.74. The molecule has 0 fully saturated rings. The Morgan fingerprint density at radius 3 is 2.50 bits per heavy atom. The second-order valence-electron chi connectivity index (χ2n) is 4.83. The predicted molar refractivity (Wildman–Crippen MR) is 85.5 cm³/mol. The smallest absolute Gasteiger partial charge is 0.614 e. The van der Waals surface area contributed by atoms with Gasteiger partial charge in [-0.05, 0) is 38.9 Å². The van der Waals surface area contributed by atoms with Crippen LogP contribution in [-0.2, 0) is 30.8 Å². The SMILES string of the molecule is CCO/C([O-])=C/C=C1C=CC=C1.CN(C)Cc1cc[cH-]c1.[Ru+2]. The van der Waals surface area contributed by atoms with E-state index in [1.165, 1.54) is 11.6 Å². The second kappa shape index (κ2) is 12.1. The molecule has 0 bridgehead atoms. The van der Waals surface area contributed by atoms with Crippen LogP contribution in [0, 0.1) is 0 Å². The second-order valence-corrected chi connectivity index (χ2v) is 4.83. The van der Waals surface area contributed by atoms with E-state index < -0.39 is 0 Å². The maximum Gasteiger partial charge on any atom is 2.00 e. The molecule has 120 valence electrons. The maximum atomic E-state index is 10.8. The summed E-state index contributed by atoms with van der Waals surface area (Å²) in [5.41, 5.74) is 2.41. The molecule has 1 aliphatic carbocycles. The van der Waals surface area contributed by atoms with Crippen LogP contribution in [0.2, 0.25) is 0 Å². The molecule has 0 N–H and O–H groups in total. The third-order valence-corrected chi connectivity index (χ3v) is 2.62. The summed E-state index contributed by atoms with van der Waals surface area (Å²) in [6, 6.07) is 8.41. The van der Waals surface area contributed by atoms with Gasteiger partial charge in [-0.2, -0.15) is 23.8 Å². The van der Waals surface area contributed by atoms with Crippen LogP contribution in [0.5, 0.6) is 0 Å². The van der Waals surface area contributed by atoms with Crippen molar-refractivity contribution in [3.05, 3.63) is 77.8 Å². The van der Waals surface area contributed by atoms with Gasteiger partial charge in [0, 0.05) is 0 Å². The summed E-state index contributed by atoms with van der Waals surface area (Å²) in [6.07, 6.45) is 10.9. The average molecular weight is 386 g/mol. The van der Waals surface area contributed by atoms with Crippen LogP contribution in [0.25, 0.3) is 0 Å². The van der Waals surface area contributed by atoms with E-state index in [9.17, 15) is 5.11 Å². The van der Waals surface area contributed by atoms with E-state index in [1.807, 2.05) is 24.3 Å². The molecule has 0 spiro atoms. The number of hydrogen-bond donors (Lipinski definition) is 0. The zero-order valence-corrected chi connectivity index (χ0v) is 15.0. The largest absolute Gasteiger partial charge is 2.00 e. The zero-order valence-electron chi connectivity index (χ0n) is 13.3. The minimum Gasteiger partial charge on any atom is -0.614 e.